The van der Waals surface area contributed by atoms with Crippen molar-refractivity contribution in [2.75, 3.05) is 20.8 Å². The van der Waals surface area contributed by atoms with Crippen molar-refractivity contribution in [3.8, 4) is 22.8 Å². The zero-order valence-corrected chi connectivity index (χ0v) is 16.3. The van der Waals surface area contributed by atoms with Gasteiger partial charge >= 0.3 is 5.69 Å². The zero-order valence-electron chi connectivity index (χ0n) is 16.3. The monoisotopic (exact) mass is 394 g/mol. The van der Waals surface area contributed by atoms with Crippen LogP contribution in [0.2, 0.25) is 0 Å². The Morgan fingerprint density at radius 3 is 2.69 bits per heavy atom. The van der Waals surface area contributed by atoms with Crippen LogP contribution in [-0.2, 0) is 19.5 Å². The Kier molecular flexibility index (Phi) is 5.18. The van der Waals surface area contributed by atoms with Gasteiger partial charge in [-0.05, 0) is 11.6 Å². The summed E-state index contributed by atoms with van der Waals surface area (Å²) < 4.78 is 10.5. The molecule has 2 aromatic carbocycles. The number of H-pyrrole nitrogens is 1. The van der Waals surface area contributed by atoms with Crippen LogP contribution in [0.5, 0.6) is 11.5 Å². The molecule has 1 N–H and O–H groups in total. The smallest absolute Gasteiger partial charge is 0.315 e. The lowest BCUT2D eigenvalue weighted by molar-refractivity contribution is -0.385. The molecule has 2 heterocycles. The van der Waals surface area contributed by atoms with Crippen molar-refractivity contribution in [3.05, 3.63) is 69.4 Å². The molecule has 1 aromatic heterocycles. The van der Waals surface area contributed by atoms with Crippen LogP contribution in [0.3, 0.4) is 0 Å². The third-order valence-corrected chi connectivity index (χ3v) is 5.19. The highest BCUT2D eigenvalue weighted by Crippen LogP contribution is 2.42. The van der Waals surface area contributed by atoms with Gasteiger partial charge < -0.3 is 9.47 Å². The Morgan fingerprint density at radius 1 is 1.21 bits per heavy atom. The Balaban J connectivity index is 1.69. The lowest BCUT2D eigenvalue weighted by Crippen LogP contribution is -2.29. The lowest BCUT2D eigenvalue weighted by atomic mass is 9.99. The van der Waals surface area contributed by atoms with Crippen LogP contribution in [-0.4, -0.2) is 40.8 Å². The maximum atomic E-state index is 11.5. The highest BCUT2D eigenvalue weighted by Gasteiger charge is 2.27. The highest BCUT2D eigenvalue weighted by molar-refractivity contribution is 5.73. The van der Waals surface area contributed by atoms with Gasteiger partial charge in [-0.2, -0.15) is 5.10 Å². The Morgan fingerprint density at radius 2 is 2.00 bits per heavy atom. The zero-order chi connectivity index (χ0) is 20.4. The van der Waals surface area contributed by atoms with E-state index in [1.807, 2.05) is 18.2 Å². The number of nitro groups is 1. The number of aromatic nitrogens is 2. The van der Waals surface area contributed by atoms with Crippen LogP contribution in [0.4, 0.5) is 5.69 Å². The van der Waals surface area contributed by atoms with Crippen molar-refractivity contribution in [2.45, 2.75) is 19.5 Å². The first-order valence-electron chi connectivity index (χ1n) is 9.34. The van der Waals surface area contributed by atoms with Crippen molar-refractivity contribution in [1.29, 1.82) is 0 Å². The number of hydrogen-bond acceptors (Lipinski definition) is 6. The molecule has 1 aliphatic heterocycles. The minimum absolute atomic E-state index is 0.108. The Labute approximate surface area is 168 Å². The van der Waals surface area contributed by atoms with E-state index in [0.717, 1.165) is 37.3 Å². The average Bonchev–Trinajstić information content (AvgIpc) is 3.16. The molecule has 8 heteroatoms. The van der Waals surface area contributed by atoms with Crippen LogP contribution in [0.1, 0.15) is 16.8 Å². The average molecular weight is 394 g/mol. The molecule has 3 aromatic rings. The Bertz CT molecular complexity index is 1030. The van der Waals surface area contributed by atoms with E-state index in [4.69, 9.17) is 9.47 Å². The number of nitrogens with zero attached hydrogens (tertiary/aromatic N) is 3. The van der Waals surface area contributed by atoms with Crippen molar-refractivity contribution < 1.29 is 14.4 Å². The van der Waals surface area contributed by atoms with Gasteiger partial charge in [0.25, 0.3) is 0 Å². The summed E-state index contributed by atoms with van der Waals surface area (Å²) in [5.41, 5.74) is 4.59. The molecule has 8 nitrogen and oxygen atoms in total. The van der Waals surface area contributed by atoms with Crippen molar-refractivity contribution in [2.24, 2.45) is 0 Å². The quantitative estimate of drug-likeness (QED) is 0.508. The van der Waals surface area contributed by atoms with Crippen LogP contribution >= 0.6 is 0 Å². The largest absolute Gasteiger partial charge is 0.493 e. The first-order chi connectivity index (χ1) is 14.1. The number of nitrogens with one attached hydrogen (secondary N) is 1. The summed E-state index contributed by atoms with van der Waals surface area (Å²) in [6.07, 6.45) is 0.852. The summed E-state index contributed by atoms with van der Waals surface area (Å²) in [5.74, 6) is 0.418. The molecule has 0 fully saturated rings. The summed E-state index contributed by atoms with van der Waals surface area (Å²) in [6, 6.07) is 13.5. The van der Waals surface area contributed by atoms with Gasteiger partial charge in [-0.15, -0.1) is 0 Å². The standard InChI is InChI=1S/C21H22N4O4/c1-28-19-11-15(10-18(25(26)27)21(19)29-2)20-16-13-24(9-8-17(16)22-23-20)12-14-6-4-3-5-7-14/h3-7,10-11H,8-9,12-13H2,1-2H3,(H,22,23). The van der Waals surface area contributed by atoms with E-state index in [-0.39, 0.29) is 11.4 Å². The molecule has 0 amide bonds. The summed E-state index contributed by atoms with van der Waals surface area (Å²) in [5, 5.41) is 19.1. The molecule has 0 atom stereocenters. The van der Waals surface area contributed by atoms with E-state index in [0.29, 0.717) is 17.0 Å². The van der Waals surface area contributed by atoms with Gasteiger partial charge in [0.05, 0.1) is 24.8 Å². The van der Waals surface area contributed by atoms with Gasteiger partial charge in [-0.3, -0.25) is 20.1 Å². The van der Waals surface area contributed by atoms with E-state index in [1.54, 1.807) is 6.07 Å². The number of aromatic amines is 1. The van der Waals surface area contributed by atoms with Crippen LogP contribution in [0.15, 0.2) is 42.5 Å². The summed E-state index contributed by atoms with van der Waals surface area (Å²) >= 11 is 0. The van der Waals surface area contributed by atoms with Crippen molar-refractivity contribution >= 4 is 5.69 Å². The number of ether oxygens (including phenoxy) is 2. The topological polar surface area (TPSA) is 93.5 Å². The SMILES string of the molecule is COc1cc(-c2n[nH]c3c2CN(Cc2ccccc2)CC3)cc([N+](=O)[O-])c1OC. The third kappa shape index (κ3) is 3.66. The van der Waals surface area contributed by atoms with Crippen molar-refractivity contribution in [3.63, 3.8) is 0 Å². The van der Waals surface area contributed by atoms with E-state index in [9.17, 15) is 10.1 Å². The number of nitro benzene ring substituents is 1. The Hall–Kier alpha value is -3.39. The minimum atomic E-state index is -0.467. The first kappa shape index (κ1) is 18.9. The van der Waals surface area contributed by atoms with E-state index in [2.05, 4.69) is 27.2 Å². The molecule has 0 spiro atoms. The fourth-order valence-electron chi connectivity index (χ4n) is 3.78. The summed E-state index contributed by atoms with van der Waals surface area (Å²) in [4.78, 5) is 13.4. The molecule has 4 rings (SSSR count). The normalized spacial score (nSPS) is 13.7. The minimum Gasteiger partial charge on any atom is -0.493 e. The van der Waals surface area contributed by atoms with Gasteiger partial charge in [-0.25, -0.2) is 0 Å². The molecule has 0 radical (unpaired) electrons. The third-order valence-electron chi connectivity index (χ3n) is 5.19. The fourth-order valence-corrected chi connectivity index (χ4v) is 3.78. The predicted molar refractivity (Wildman–Crippen MR) is 108 cm³/mol. The van der Waals surface area contributed by atoms with Gasteiger partial charge in [0.15, 0.2) is 5.75 Å². The first-order valence-corrected chi connectivity index (χ1v) is 9.34. The second-order valence-electron chi connectivity index (χ2n) is 6.96. The number of hydrogen-bond donors (Lipinski definition) is 1. The molecule has 29 heavy (non-hydrogen) atoms. The number of rotatable bonds is 6. The lowest BCUT2D eigenvalue weighted by Gasteiger charge is -2.27. The van der Waals surface area contributed by atoms with Gasteiger partial charge in [0, 0.05) is 48.9 Å². The molecule has 0 saturated heterocycles. The van der Waals surface area contributed by atoms with Crippen LogP contribution in [0, 0.1) is 10.1 Å². The van der Waals surface area contributed by atoms with E-state index >= 15 is 0 Å². The molecule has 1 aliphatic rings. The molecular formula is C21H22N4O4. The molecular weight excluding hydrogens is 372 g/mol. The van der Waals surface area contributed by atoms with Crippen LogP contribution < -0.4 is 9.47 Å². The molecule has 150 valence electrons. The van der Waals surface area contributed by atoms with Crippen molar-refractivity contribution in [1.82, 2.24) is 15.1 Å². The fraction of sp³-hybridized carbons (Fsp3) is 0.286. The summed E-state index contributed by atoms with van der Waals surface area (Å²) in [7, 11) is 2.86. The number of benzene rings is 2. The molecule has 0 unspecified atom stereocenters. The van der Waals surface area contributed by atoms with Crippen LogP contribution in [0.25, 0.3) is 11.3 Å². The maximum absolute atomic E-state index is 11.5. The van der Waals surface area contributed by atoms with Gasteiger partial charge in [0.1, 0.15) is 0 Å². The number of methoxy groups -OCH3 is 2. The predicted octanol–water partition coefficient (Wildman–Crippen LogP) is 3.56. The van der Waals surface area contributed by atoms with Gasteiger partial charge in [-0.1, -0.05) is 30.3 Å². The second-order valence-corrected chi connectivity index (χ2v) is 6.96. The second kappa shape index (κ2) is 7.92. The maximum Gasteiger partial charge on any atom is 0.315 e. The number of fused-ring (bicyclic) bond motifs is 1. The molecule has 0 saturated carbocycles. The highest BCUT2D eigenvalue weighted by atomic mass is 16.6. The van der Waals surface area contributed by atoms with Gasteiger partial charge in [0.2, 0.25) is 5.75 Å². The molecule has 0 aliphatic carbocycles. The summed E-state index contributed by atoms with van der Waals surface area (Å²) in [6.45, 7) is 2.49. The van der Waals surface area contributed by atoms with E-state index in [1.165, 1.54) is 25.8 Å². The van der Waals surface area contributed by atoms with E-state index < -0.39 is 4.92 Å². The molecule has 0 bridgehead atoms.